The van der Waals surface area contributed by atoms with Crippen molar-refractivity contribution in [3.63, 3.8) is 0 Å². The molecule has 1 aliphatic rings. The number of hydrogen-bond donors (Lipinski definition) is 2. The highest BCUT2D eigenvalue weighted by Gasteiger charge is 2.33. The highest BCUT2D eigenvalue weighted by Crippen LogP contribution is 2.40. The van der Waals surface area contributed by atoms with E-state index in [0.29, 0.717) is 12.1 Å². The molecule has 0 unspecified atom stereocenters. The molecular formula is C28H28FN3O2. The summed E-state index contributed by atoms with van der Waals surface area (Å²) in [5.74, 6) is -0.432. The maximum Gasteiger partial charge on any atom is 0.224 e. The largest absolute Gasteiger partial charge is 0.378 e. The average molecular weight is 458 g/mol. The maximum absolute atomic E-state index is 13.4. The summed E-state index contributed by atoms with van der Waals surface area (Å²) in [5, 5.41) is 6.32. The lowest BCUT2D eigenvalue weighted by Gasteiger charge is -2.40. The van der Waals surface area contributed by atoms with Crippen molar-refractivity contribution in [1.29, 1.82) is 0 Å². The third-order valence-electron chi connectivity index (χ3n) is 6.08. The van der Waals surface area contributed by atoms with Crippen LogP contribution < -0.4 is 15.5 Å². The number of carbonyl (C=O) groups is 2. The highest BCUT2D eigenvalue weighted by atomic mass is 19.1. The minimum atomic E-state index is -0.295. The van der Waals surface area contributed by atoms with Crippen molar-refractivity contribution in [1.82, 2.24) is 5.32 Å². The van der Waals surface area contributed by atoms with E-state index < -0.39 is 0 Å². The first-order valence-electron chi connectivity index (χ1n) is 11.3. The first-order valence-corrected chi connectivity index (χ1v) is 11.3. The molecule has 0 saturated carbocycles. The minimum absolute atomic E-state index is 0.00235. The molecule has 174 valence electrons. The Balaban J connectivity index is 1.72. The van der Waals surface area contributed by atoms with Crippen molar-refractivity contribution >= 4 is 28.9 Å². The number of fused-ring (bicyclic) bond motifs is 1. The van der Waals surface area contributed by atoms with Crippen molar-refractivity contribution in [2.45, 2.75) is 39.3 Å². The smallest absolute Gasteiger partial charge is 0.224 e. The van der Waals surface area contributed by atoms with Crippen LogP contribution in [-0.2, 0) is 9.59 Å². The molecule has 3 aromatic rings. The number of nitrogens with one attached hydrogen (secondary N) is 2. The SMILES string of the molecule is C=C(N[C@@H]1C[C@H](C)N(C(C)=O)c2ccc(-c3cccc(NC(C)=O)c3)cc21)c1ccc(F)cc1. The Hall–Kier alpha value is -3.93. The third kappa shape index (κ3) is 4.86. The van der Waals surface area contributed by atoms with E-state index in [2.05, 4.69) is 23.3 Å². The Morgan fingerprint density at radius 3 is 2.38 bits per heavy atom. The van der Waals surface area contributed by atoms with Crippen molar-refractivity contribution in [2.75, 3.05) is 10.2 Å². The fourth-order valence-electron chi connectivity index (χ4n) is 4.58. The number of amides is 2. The van der Waals surface area contributed by atoms with Gasteiger partial charge in [-0.1, -0.05) is 36.9 Å². The fraction of sp³-hybridized carbons (Fsp3) is 0.214. The Kier molecular flexibility index (Phi) is 6.50. The monoisotopic (exact) mass is 457 g/mol. The fourth-order valence-corrected chi connectivity index (χ4v) is 4.58. The molecule has 0 fully saturated rings. The molecule has 34 heavy (non-hydrogen) atoms. The van der Waals surface area contributed by atoms with Gasteiger partial charge in [0, 0.05) is 37.0 Å². The molecule has 6 heteroatoms. The van der Waals surface area contributed by atoms with E-state index in [9.17, 15) is 14.0 Å². The van der Waals surface area contributed by atoms with Gasteiger partial charge >= 0.3 is 0 Å². The van der Waals surface area contributed by atoms with Gasteiger partial charge in [0.25, 0.3) is 0 Å². The summed E-state index contributed by atoms with van der Waals surface area (Å²) in [6.07, 6.45) is 0.697. The molecule has 0 aromatic heterocycles. The zero-order chi connectivity index (χ0) is 24.4. The second kappa shape index (κ2) is 9.51. The van der Waals surface area contributed by atoms with E-state index in [1.807, 2.05) is 48.2 Å². The maximum atomic E-state index is 13.4. The summed E-state index contributed by atoms with van der Waals surface area (Å²) in [6, 6.07) is 19.8. The van der Waals surface area contributed by atoms with Gasteiger partial charge in [0.05, 0.1) is 6.04 Å². The number of benzene rings is 3. The van der Waals surface area contributed by atoms with E-state index >= 15 is 0 Å². The van der Waals surface area contributed by atoms with Crippen LogP contribution in [0.15, 0.2) is 73.3 Å². The Morgan fingerprint density at radius 1 is 1.00 bits per heavy atom. The lowest BCUT2D eigenvalue weighted by molar-refractivity contribution is -0.117. The van der Waals surface area contributed by atoms with Crippen LogP contribution in [0, 0.1) is 5.82 Å². The second-order valence-corrected chi connectivity index (χ2v) is 8.69. The van der Waals surface area contributed by atoms with Crippen LogP contribution >= 0.6 is 0 Å². The molecule has 2 atom stereocenters. The molecule has 4 rings (SSSR count). The minimum Gasteiger partial charge on any atom is -0.378 e. The molecule has 0 radical (unpaired) electrons. The van der Waals surface area contributed by atoms with E-state index in [4.69, 9.17) is 0 Å². The number of hydrogen-bond acceptors (Lipinski definition) is 3. The lowest BCUT2D eigenvalue weighted by atomic mass is 9.88. The van der Waals surface area contributed by atoms with Crippen molar-refractivity contribution < 1.29 is 14.0 Å². The molecule has 0 bridgehead atoms. The predicted octanol–water partition coefficient (Wildman–Crippen LogP) is 5.90. The van der Waals surface area contributed by atoms with Crippen LogP contribution in [0.1, 0.15) is 44.4 Å². The summed E-state index contributed by atoms with van der Waals surface area (Å²) in [7, 11) is 0. The standard InChI is InChI=1S/C28H28FN3O2/c1-17-14-27(30-18(2)21-8-11-24(29)12-9-21)26-16-23(10-13-28(26)32(17)20(4)34)22-6-5-7-25(15-22)31-19(3)33/h5-13,15-17,27,30H,2,14H2,1,3-4H3,(H,31,33)/t17-,27+/m0/s1. The van der Waals surface area contributed by atoms with Gasteiger partial charge in [-0.25, -0.2) is 4.39 Å². The number of rotatable bonds is 5. The molecular weight excluding hydrogens is 429 g/mol. The van der Waals surface area contributed by atoms with E-state index in [-0.39, 0.29) is 29.7 Å². The summed E-state index contributed by atoms with van der Waals surface area (Å²) in [6.45, 7) is 9.26. The van der Waals surface area contributed by atoms with Crippen LogP contribution in [0.3, 0.4) is 0 Å². The van der Waals surface area contributed by atoms with Crippen LogP contribution in [-0.4, -0.2) is 17.9 Å². The topological polar surface area (TPSA) is 61.4 Å². The van der Waals surface area contributed by atoms with Gasteiger partial charge in [0.15, 0.2) is 0 Å². The molecule has 0 aliphatic carbocycles. The third-order valence-corrected chi connectivity index (χ3v) is 6.08. The molecule has 0 spiro atoms. The Labute approximate surface area is 199 Å². The molecule has 3 aromatic carbocycles. The Bertz CT molecular complexity index is 1250. The lowest BCUT2D eigenvalue weighted by Crippen LogP contribution is -2.44. The van der Waals surface area contributed by atoms with Crippen molar-refractivity contribution in [3.05, 3.63) is 90.3 Å². The van der Waals surface area contributed by atoms with Gasteiger partial charge in [0.1, 0.15) is 5.82 Å². The predicted molar refractivity (Wildman–Crippen MR) is 135 cm³/mol. The van der Waals surface area contributed by atoms with E-state index in [0.717, 1.165) is 33.6 Å². The first-order chi connectivity index (χ1) is 16.2. The van der Waals surface area contributed by atoms with Crippen molar-refractivity contribution in [3.8, 4) is 11.1 Å². The average Bonchev–Trinajstić information content (AvgIpc) is 2.78. The molecule has 1 heterocycles. The van der Waals surface area contributed by atoms with E-state index in [1.165, 1.54) is 19.1 Å². The van der Waals surface area contributed by atoms with Gasteiger partial charge in [-0.15, -0.1) is 0 Å². The molecule has 5 nitrogen and oxygen atoms in total. The van der Waals surface area contributed by atoms with Gasteiger partial charge in [0.2, 0.25) is 11.8 Å². The second-order valence-electron chi connectivity index (χ2n) is 8.69. The first kappa shape index (κ1) is 23.2. The summed E-state index contributed by atoms with van der Waals surface area (Å²) < 4.78 is 13.4. The summed E-state index contributed by atoms with van der Waals surface area (Å²) in [5.41, 5.74) is 6.00. The van der Waals surface area contributed by atoms with Crippen LogP contribution in [0.2, 0.25) is 0 Å². The molecule has 1 aliphatic heterocycles. The van der Waals surface area contributed by atoms with E-state index in [1.54, 1.807) is 19.1 Å². The number of halogens is 1. The van der Waals surface area contributed by atoms with Gasteiger partial charge in [-0.2, -0.15) is 0 Å². The van der Waals surface area contributed by atoms with Gasteiger partial charge in [-0.05, 0) is 72.0 Å². The number of anilines is 2. The van der Waals surface area contributed by atoms with Crippen LogP contribution in [0.25, 0.3) is 16.8 Å². The van der Waals surface area contributed by atoms with Crippen LogP contribution in [0.5, 0.6) is 0 Å². The zero-order valence-electron chi connectivity index (χ0n) is 19.6. The Morgan fingerprint density at radius 2 is 1.71 bits per heavy atom. The van der Waals surface area contributed by atoms with Crippen LogP contribution in [0.4, 0.5) is 15.8 Å². The quantitative estimate of drug-likeness (QED) is 0.502. The van der Waals surface area contributed by atoms with Crippen molar-refractivity contribution in [2.24, 2.45) is 0 Å². The molecule has 2 N–H and O–H groups in total. The normalized spacial score (nSPS) is 17.0. The molecule has 0 saturated heterocycles. The van der Waals surface area contributed by atoms with Gasteiger partial charge in [-0.3, -0.25) is 9.59 Å². The molecule has 2 amide bonds. The zero-order valence-corrected chi connectivity index (χ0v) is 19.6. The number of carbonyl (C=O) groups excluding carboxylic acids is 2. The number of nitrogens with zero attached hydrogens (tertiary/aromatic N) is 1. The van der Waals surface area contributed by atoms with Gasteiger partial charge < -0.3 is 15.5 Å². The highest BCUT2D eigenvalue weighted by molar-refractivity contribution is 5.94. The summed E-state index contributed by atoms with van der Waals surface area (Å²) >= 11 is 0. The summed E-state index contributed by atoms with van der Waals surface area (Å²) in [4.78, 5) is 25.8.